The average Bonchev–Trinajstić information content (AvgIpc) is 3.00. The first-order chi connectivity index (χ1) is 10.3. The number of fused-ring (bicyclic) bond motifs is 1. The van der Waals surface area contributed by atoms with E-state index >= 15 is 0 Å². The Morgan fingerprint density at radius 1 is 1.29 bits per heavy atom. The van der Waals surface area contributed by atoms with Gasteiger partial charge in [0.1, 0.15) is 0 Å². The van der Waals surface area contributed by atoms with Gasteiger partial charge in [0, 0.05) is 30.2 Å². The van der Waals surface area contributed by atoms with E-state index in [1.54, 1.807) is 0 Å². The molecule has 1 aliphatic rings. The third kappa shape index (κ3) is 2.88. The maximum absolute atomic E-state index is 4.81. The smallest absolute Gasteiger partial charge is 0.0726 e. The molecule has 0 radical (unpaired) electrons. The van der Waals surface area contributed by atoms with Crippen molar-refractivity contribution in [2.75, 3.05) is 18.0 Å². The molecular weight excluding hydrogens is 258 g/mol. The molecule has 112 valence electrons. The Bertz CT molecular complexity index is 608. The summed E-state index contributed by atoms with van der Waals surface area (Å²) in [7, 11) is 0. The number of hydrogen-bond acceptors (Lipinski definition) is 3. The highest BCUT2D eigenvalue weighted by molar-refractivity contribution is 5.92. The molecule has 0 saturated carbocycles. The second-order valence-electron chi connectivity index (χ2n) is 5.83. The Morgan fingerprint density at radius 3 is 2.95 bits per heavy atom. The van der Waals surface area contributed by atoms with Crippen LogP contribution in [-0.2, 0) is 6.54 Å². The summed E-state index contributed by atoms with van der Waals surface area (Å²) in [5.41, 5.74) is 3.63. The van der Waals surface area contributed by atoms with Gasteiger partial charge in [-0.25, -0.2) is 0 Å². The molecule has 0 spiro atoms. The molecule has 1 aromatic carbocycles. The molecule has 1 saturated heterocycles. The predicted molar refractivity (Wildman–Crippen MR) is 89.8 cm³/mol. The molecule has 1 aromatic heterocycles. The molecule has 1 aliphatic heterocycles. The second-order valence-corrected chi connectivity index (χ2v) is 5.83. The number of hydrogen-bond donors (Lipinski definition) is 1. The Morgan fingerprint density at radius 2 is 2.14 bits per heavy atom. The molecule has 1 unspecified atom stereocenters. The van der Waals surface area contributed by atoms with E-state index in [9.17, 15) is 0 Å². The van der Waals surface area contributed by atoms with Gasteiger partial charge in [0.2, 0.25) is 0 Å². The molecule has 1 N–H and O–H groups in total. The normalized spacial score (nSPS) is 18.6. The van der Waals surface area contributed by atoms with E-state index < -0.39 is 0 Å². The molecule has 2 aromatic rings. The minimum Gasteiger partial charge on any atom is -0.368 e. The van der Waals surface area contributed by atoms with Gasteiger partial charge in [-0.2, -0.15) is 0 Å². The van der Waals surface area contributed by atoms with E-state index in [0.29, 0.717) is 6.04 Å². The summed E-state index contributed by atoms with van der Waals surface area (Å²) in [6.07, 6.45) is 3.84. The van der Waals surface area contributed by atoms with E-state index in [0.717, 1.165) is 24.3 Å². The molecule has 3 heteroatoms. The van der Waals surface area contributed by atoms with E-state index in [1.807, 2.05) is 0 Å². The van der Waals surface area contributed by atoms with Crippen molar-refractivity contribution in [2.45, 2.75) is 45.7 Å². The van der Waals surface area contributed by atoms with E-state index in [1.165, 1.54) is 36.9 Å². The predicted octanol–water partition coefficient (Wildman–Crippen LogP) is 3.72. The molecular formula is C18H25N3. The molecule has 1 fully saturated rings. The van der Waals surface area contributed by atoms with Crippen molar-refractivity contribution in [3.8, 4) is 0 Å². The largest absolute Gasteiger partial charge is 0.368 e. The van der Waals surface area contributed by atoms with Crippen LogP contribution in [0.5, 0.6) is 0 Å². The lowest BCUT2D eigenvalue weighted by molar-refractivity contribution is 0.645. The number of nitrogens with one attached hydrogen (secondary N) is 1. The van der Waals surface area contributed by atoms with Gasteiger partial charge in [-0.1, -0.05) is 32.0 Å². The standard InChI is InChI=1S/C18H25N3/c1-3-15-8-7-11-21(15)18-12-14(13-19-4-2)20-17-10-6-5-9-16(17)18/h5-6,9-10,12,15,19H,3-4,7-8,11,13H2,1-2H3. The number of nitrogens with zero attached hydrogens (tertiary/aromatic N) is 2. The highest BCUT2D eigenvalue weighted by atomic mass is 15.2. The first kappa shape index (κ1) is 14.3. The minimum absolute atomic E-state index is 0.683. The van der Waals surface area contributed by atoms with Crippen molar-refractivity contribution in [1.29, 1.82) is 0 Å². The fourth-order valence-corrected chi connectivity index (χ4v) is 3.37. The number of rotatable bonds is 5. The van der Waals surface area contributed by atoms with Crippen LogP contribution in [0, 0.1) is 0 Å². The van der Waals surface area contributed by atoms with Crippen molar-refractivity contribution < 1.29 is 0 Å². The molecule has 3 rings (SSSR count). The van der Waals surface area contributed by atoms with Gasteiger partial charge >= 0.3 is 0 Å². The Hall–Kier alpha value is -1.61. The SMILES string of the molecule is CCNCc1cc(N2CCCC2CC)c2ccccc2n1. The van der Waals surface area contributed by atoms with Crippen molar-refractivity contribution in [3.63, 3.8) is 0 Å². The van der Waals surface area contributed by atoms with Crippen LogP contribution in [0.25, 0.3) is 10.9 Å². The first-order valence-corrected chi connectivity index (χ1v) is 8.19. The van der Waals surface area contributed by atoms with Crippen molar-refractivity contribution in [2.24, 2.45) is 0 Å². The average molecular weight is 283 g/mol. The zero-order valence-electron chi connectivity index (χ0n) is 13.1. The quantitative estimate of drug-likeness (QED) is 0.906. The summed E-state index contributed by atoms with van der Waals surface area (Å²) in [6, 6.07) is 11.5. The van der Waals surface area contributed by atoms with Gasteiger partial charge in [0.15, 0.2) is 0 Å². The third-order valence-electron chi connectivity index (χ3n) is 4.46. The lowest BCUT2D eigenvalue weighted by atomic mass is 10.1. The number of pyridine rings is 1. The Balaban J connectivity index is 2.05. The van der Waals surface area contributed by atoms with Crippen LogP contribution < -0.4 is 10.2 Å². The Labute approximate surface area is 127 Å². The first-order valence-electron chi connectivity index (χ1n) is 8.19. The maximum Gasteiger partial charge on any atom is 0.0726 e. The van der Waals surface area contributed by atoms with Crippen LogP contribution in [0.3, 0.4) is 0 Å². The van der Waals surface area contributed by atoms with Crippen LogP contribution in [0.1, 0.15) is 38.8 Å². The van der Waals surface area contributed by atoms with Crippen molar-refractivity contribution in [1.82, 2.24) is 10.3 Å². The van der Waals surface area contributed by atoms with E-state index in [-0.39, 0.29) is 0 Å². The van der Waals surface area contributed by atoms with E-state index in [2.05, 4.69) is 54.4 Å². The number of para-hydroxylation sites is 1. The summed E-state index contributed by atoms with van der Waals surface area (Å²) in [6.45, 7) is 7.43. The topological polar surface area (TPSA) is 28.2 Å². The van der Waals surface area contributed by atoms with Crippen molar-refractivity contribution in [3.05, 3.63) is 36.0 Å². The monoisotopic (exact) mass is 283 g/mol. The molecule has 0 bridgehead atoms. The second kappa shape index (κ2) is 6.44. The Kier molecular flexibility index (Phi) is 4.39. The zero-order chi connectivity index (χ0) is 14.7. The lowest BCUT2D eigenvalue weighted by Crippen LogP contribution is -2.29. The summed E-state index contributed by atoms with van der Waals surface area (Å²) in [5, 5.41) is 4.68. The zero-order valence-corrected chi connectivity index (χ0v) is 13.1. The van der Waals surface area contributed by atoms with Crippen molar-refractivity contribution >= 4 is 16.6 Å². The highest BCUT2D eigenvalue weighted by Crippen LogP contribution is 2.33. The molecule has 0 amide bonds. The van der Waals surface area contributed by atoms with Gasteiger partial charge in [0.05, 0.1) is 11.2 Å². The fourth-order valence-electron chi connectivity index (χ4n) is 3.37. The molecule has 21 heavy (non-hydrogen) atoms. The number of aromatic nitrogens is 1. The van der Waals surface area contributed by atoms with Crippen LogP contribution >= 0.6 is 0 Å². The molecule has 1 atom stereocenters. The molecule has 0 aliphatic carbocycles. The van der Waals surface area contributed by atoms with E-state index in [4.69, 9.17) is 4.98 Å². The highest BCUT2D eigenvalue weighted by Gasteiger charge is 2.24. The van der Waals surface area contributed by atoms with Gasteiger partial charge in [-0.3, -0.25) is 4.98 Å². The number of anilines is 1. The van der Waals surface area contributed by atoms with Gasteiger partial charge < -0.3 is 10.2 Å². The maximum atomic E-state index is 4.81. The van der Waals surface area contributed by atoms with Crippen LogP contribution in [0.15, 0.2) is 30.3 Å². The lowest BCUT2D eigenvalue weighted by Gasteiger charge is -2.27. The minimum atomic E-state index is 0.683. The number of benzene rings is 1. The van der Waals surface area contributed by atoms with Gasteiger partial charge in [0.25, 0.3) is 0 Å². The summed E-state index contributed by atoms with van der Waals surface area (Å²) in [5.74, 6) is 0. The van der Waals surface area contributed by atoms with Crippen LogP contribution in [-0.4, -0.2) is 24.1 Å². The van der Waals surface area contributed by atoms with Gasteiger partial charge in [-0.05, 0) is 37.9 Å². The summed E-state index contributed by atoms with van der Waals surface area (Å²) < 4.78 is 0. The van der Waals surface area contributed by atoms with Gasteiger partial charge in [-0.15, -0.1) is 0 Å². The van der Waals surface area contributed by atoms with Crippen LogP contribution in [0.2, 0.25) is 0 Å². The van der Waals surface area contributed by atoms with Crippen LogP contribution in [0.4, 0.5) is 5.69 Å². The fraction of sp³-hybridized carbons (Fsp3) is 0.500. The summed E-state index contributed by atoms with van der Waals surface area (Å²) in [4.78, 5) is 7.40. The summed E-state index contributed by atoms with van der Waals surface area (Å²) >= 11 is 0. The molecule has 2 heterocycles. The third-order valence-corrected chi connectivity index (χ3v) is 4.46. The molecule has 3 nitrogen and oxygen atoms in total.